The molecule has 10 heteroatoms. The number of hydrogen-bond donors (Lipinski definition) is 3. The van der Waals surface area contributed by atoms with Crippen LogP contribution in [-0.4, -0.2) is 68.6 Å². The number of carboxylic acids is 1. The normalized spacial score (nSPS) is 17.0. The van der Waals surface area contributed by atoms with Crippen LogP contribution < -0.4 is 10.0 Å². The number of hydrogen-bond acceptors (Lipinski definition) is 7. The lowest BCUT2D eigenvalue weighted by Crippen LogP contribution is -2.44. The molecule has 8 nitrogen and oxygen atoms in total. The second kappa shape index (κ2) is 7.27. The number of nitrogens with zero attached hydrogens (tertiary/aromatic N) is 2. The molecule has 3 N–H and O–H groups in total. The molecule has 1 aromatic rings. The molecule has 0 bridgehead atoms. The first kappa shape index (κ1) is 16.3. The molecule has 1 aromatic heterocycles. The van der Waals surface area contributed by atoms with Crippen molar-refractivity contribution in [3.63, 3.8) is 0 Å². The summed E-state index contributed by atoms with van der Waals surface area (Å²) in [5.74, 6) is -1.34. The van der Waals surface area contributed by atoms with Gasteiger partial charge in [0, 0.05) is 32.7 Å². The summed E-state index contributed by atoms with van der Waals surface area (Å²) < 4.78 is 26.3. The van der Waals surface area contributed by atoms with Crippen LogP contribution in [0.15, 0.2) is 9.72 Å². The molecule has 1 aliphatic rings. The Morgan fingerprint density at radius 3 is 2.86 bits per heavy atom. The SMILES string of the molecule is O=C(O)c1ncsc1S(=O)(=O)NCCCN1CCNCC1. The van der Waals surface area contributed by atoms with Crippen LogP contribution >= 0.6 is 11.3 Å². The summed E-state index contributed by atoms with van der Waals surface area (Å²) in [6.45, 7) is 4.93. The highest BCUT2D eigenvalue weighted by Crippen LogP contribution is 2.19. The van der Waals surface area contributed by atoms with E-state index in [0.29, 0.717) is 6.42 Å². The highest BCUT2D eigenvalue weighted by molar-refractivity contribution is 7.91. The van der Waals surface area contributed by atoms with Crippen LogP contribution in [0.2, 0.25) is 0 Å². The highest BCUT2D eigenvalue weighted by Gasteiger charge is 2.25. The van der Waals surface area contributed by atoms with E-state index in [1.807, 2.05) is 0 Å². The van der Waals surface area contributed by atoms with Gasteiger partial charge >= 0.3 is 5.97 Å². The Morgan fingerprint density at radius 2 is 2.19 bits per heavy atom. The van der Waals surface area contributed by atoms with E-state index in [-0.39, 0.29) is 10.8 Å². The minimum atomic E-state index is -3.80. The standard InChI is InChI=1S/C11H18N4O4S2/c16-10(17)9-11(20-8-13-9)21(18,19)14-2-1-5-15-6-3-12-4-7-15/h8,12,14H,1-7H2,(H,16,17). The maximum absolute atomic E-state index is 12.0. The van der Waals surface area contributed by atoms with Gasteiger partial charge in [0.25, 0.3) is 10.0 Å². The Balaban J connectivity index is 1.83. The van der Waals surface area contributed by atoms with Crippen LogP contribution in [0, 0.1) is 0 Å². The Kier molecular flexibility index (Phi) is 5.65. The lowest BCUT2D eigenvalue weighted by molar-refractivity contribution is 0.0687. The van der Waals surface area contributed by atoms with E-state index < -0.39 is 21.7 Å². The predicted molar refractivity (Wildman–Crippen MR) is 78.2 cm³/mol. The zero-order valence-electron chi connectivity index (χ0n) is 11.4. The van der Waals surface area contributed by atoms with Crippen molar-refractivity contribution in [3.05, 3.63) is 11.2 Å². The summed E-state index contributed by atoms with van der Waals surface area (Å²) in [5.41, 5.74) is 0.799. The minimum Gasteiger partial charge on any atom is -0.476 e. The highest BCUT2D eigenvalue weighted by atomic mass is 32.2. The van der Waals surface area contributed by atoms with Crippen molar-refractivity contribution in [2.75, 3.05) is 39.3 Å². The summed E-state index contributed by atoms with van der Waals surface area (Å²) in [4.78, 5) is 16.7. The zero-order valence-corrected chi connectivity index (χ0v) is 13.0. The van der Waals surface area contributed by atoms with Gasteiger partial charge in [0.15, 0.2) is 9.90 Å². The average molecular weight is 334 g/mol. The molecule has 0 amide bonds. The Bertz CT molecular complexity index is 581. The molecule has 21 heavy (non-hydrogen) atoms. The van der Waals surface area contributed by atoms with Gasteiger partial charge in [-0.05, 0) is 13.0 Å². The summed E-state index contributed by atoms with van der Waals surface area (Å²) in [5, 5.41) is 12.1. The molecule has 0 saturated carbocycles. The lowest BCUT2D eigenvalue weighted by Gasteiger charge is -2.26. The van der Waals surface area contributed by atoms with Crippen molar-refractivity contribution in [3.8, 4) is 0 Å². The molecule has 0 aliphatic carbocycles. The van der Waals surface area contributed by atoms with Gasteiger partial charge < -0.3 is 15.3 Å². The van der Waals surface area contributed by atoms with Crippen LogP contribution in [0.1, 0.15) is 16.9 Å². The third-order valence-corrected chi connectivity index (χ3v) is 5.97. The van der Waals surface area contributed by atoms with Gasteiger partial charge in [-0.25, -0.2) is 22.9 Å². The number of aromatic carboxylic acids is 1. The summed E-state index contributed by atoms with van der Waals surface area (Å²) >= 11 is 0.810. The average Bonchev–Trinajstić information content (AvgIpc) is 2.95. The quantitative estimate of drug-likeness (QED) is 0.572. The topological polar surface area (TPSA) is 112 Å². The van der Waals surface area contributed by atoms with E-state index >= 15 is 0 Å². The second-order valence-electron chi connectivity index (χ2n) is 4.64. The van der Waals surface area contributed by atoms with E-state index in [4.69, 9.17) is 5.11 Å². The number of thiazole rings is 1. The maximum atomic E-state index is 12.0. The fourth-order valence-electron chi connectivity index (χ4n) is 2.08. The van der Waals surface area contributed by atoms with E-state index in [9.17, 15) is 13.2 Å². The maximum Gasteiger partial charge on any atom is 0.356 e. The Labute approximate surface area is 127 Å². The Hall–Kier alpha value is -1.07. The molecule has 0 radical (unpaired) electrons. The monoisotopic (exact) mass is 334 g/mol. The molecular formula is C11H18N4O4S2. The number of sulfonamides is 1. The van der Waals surface area contributed by atoms with Crippen LogP contribution in [0.4, 0.5) is 0 Å². The van der Waals surface area contributed by atoms with E-state index in [1.165, 1.54) is 5.51 Å². The number of aromatic nitrogens is 1. The molecule has 1 aliphatic heterocycles. The van der Waals surface area contributed by atoms with Crippen LogP contribution in [-0.2, 0) is 10.0 Å². The predicted octanol–water partition coefficient (Wildman–Crippen LogP) is -0.585. The van der Waals surface area contributed by atoms with Crippen molar-refractivity contribution < 1.29 is 18.3 Å². The summed E-state index contributed by atoms with van der Waals surface area (Å²) in [6.07, 6.45) is 0.681. The third kappa shape index (κ3) is 4.45. The first-order valence-corrected chi connectivity index (χ1v) is 8.96. The van der Waals surface area contributed by atoms with Crippen molar-refractivity contribution in [2.45, 2.75) is 10.6 Å². The lowest BCUT2D eigenvalue weighted by atomic mass is 10.3. The third-order valence-electron chi connectivity index (χ3n) is 3.13. The van der Waals surface area contributed by atoms with E-state index in [0.717, 1.165) is 44.1 Å². The van der Waals surface area contributed by atoms with Crippen molar-refractivity contribution in [2.24, 2.45) is 0 Å². The molecule has 2 heterocycles. The van der Waals surface area contributed by atoms with Crippen LogP contribution in [0.5, 0.6) is 0 Å². The number of carbonyl (C=O) groups is 1. The minimum absolute atomic E-state index is 0.239. The largest absolute Gasteiger partial charge is 0.476 e. The van der Waals surface area contributed by atoms with Gasteiger partial charge in [0.2, 0.25) is 0 Å². The molecule has 0 aromatic carbocycles. The second-order valence-corrected chi connectivity index (χ2v) is 7.45. The number of rotatable bonds is 7. The van der Waals surface area contributed by atoms with Crippen molar-refractivity contribution in [1.82, 2.24) is 19.9 Å². The van der Waals surface area contributed by atoms with Gasteiger partial charge in [0.1, 0.15) is 0 Å². The van der Waals surface area contributed by atoms with Gasteiger partial charge in [-0.2, -0.15) is 0 Å². The van der Waals surface area contributed by atoms with Gasteiger partial charge in [-0.1, -0.05) is 0 Å². The molecule has 0 atom stereocenters. The Morgan fingerprint density at radius 1 is 1.48 bits per heavy atom. The molecule has 1 saturated heterocycles. The number of nitrogens with one attached hydrogen (secondary N) is 2. The van der Waals surface area contributed by atoms with E-state index in [2.05, 4.69) is 19.9 Å². The molecule has 118 valence electrons. The fourth-order valence-corrected chi connectivity index (χ4v) is 4.33. The number of carboxylic acid groups (broad SMARTS) is 1. The molecule has 1 fully saturated rings. The van der Waals surface area contributed by atoms with Crippen molar-refractivity contribution in [1.29, 1.82) is 0 Å². The van der Waals surface area contributed by atoms with Crippen LogP contribution in [0.25, 0.3) is 0 Å². The fraction of sp³-hybridized carbons (Fsp3) is 0.636. The van der Waals surface area contributed by atoms with Gasteiger partial charge in [-0.3, -0.25) is 0 Å². The smallest absolute Gasteiger partial charge is 0.356 e. The van der Waals surface area contributed by atoms with Crippen LogP contribution in [0.3, 0.4) is 0 Å². The molecule has 0 unspecified atom stereocenters. The first-order valence-electron chi connectivity index (χ1n) is 6.60. The number of piperazine rings is 1. The molecular weight excluding hydrogens is 316 g/mol. The van der Waals surface area contributed by atoms with Crippen molar-refractivity contribution >= 4 is 27.3 Å². The first-order chi connectivity index (χ1) is 10.0. The molecule has 2 rings (SSSR count). The van der Waals surface area contributed by atoms with Gasteiger partial charge in [-0.15, -0.1) is 11.3 Å². The van der Waals surface area contributed by atoms with E-state index in [1.54, 1.807) is 0 Å². The summed E-state index contributed by atoms with van der Waals surface area (Å²) in [6, 6.07) is 0. The van der Waals surface area contributed by atoms with Gasteiger partial charge in [0.05, 0.1) is 5.51 Å². The zero-order chi connectivity index (χ0) is 15.3. The molecule has 0 spiro atoms. The summed E-state index contributed by atoms with van der Waals surface area (Å²) in [7, 11) is -3.80.